The molecule has 0 amide bonds. The highest BCUT2D eigenvalue weighted by atomic mass is 79.9. The molecule has 0 aliphatic rings. The molecule has 0 saturated carbocycles. The molecule has 2 aromatic rings. The highest BCUT2D eigenvalue weighted by molar-refractivity contribution is 9.10. The number of thiophene rings is 1. The van der Waals surface area contributed by atoms with Gasteiger partial charge in [-0.3, -0.25) is 0 Å². The van der Waals surface area contributed by atoms with E-state index in [4.69, 9.17) is 0 Å². The van der Waals surface area contributed by atoms with Crippen LogP contribution in [-0.2, 0) is 0 Å². The quantitative estimate of drug-likeness (QED) is 0.788. The molecule has 0 aliphatic heterocycles. The van der Waals surface area contributed by atoms with Crippen molar-refractivity contribution in [3.63, 3.8) is 0 Å². The standard InChI is InChI=1S/C15H17BrFNS/c1-9-4-5-12(8-14(9)17)10(2)18-11(3)15-13(16)6-7-19-15/h4-8,10-11,18H,1-3H3. The number of hydrogen-bond donors (Lipinski definition) is 1. The van der Waals surface area contributed by atoms with Crippen LogP contribution in [0.4, 0.5) is 4.39 Å². The Kier molecular flexibility index (Phi) is 4.76. The van der Waals surface area contributed by atoms with E-state index < -0.39 is 0 Å². The molecule has 4 heteroatoms. The smallest absolute Gasteiger partial charge is 0.126 e. The summed E-state index contributed by atoms with van der Waals surface area (Å²) in [6.07, 6.45) is 0. The lowest BCUT2D eigenvalue weighted by Crippen LogP contribution is -2.22. The average Bonchev–Trinajstić information content (AvgIpc) is 2.79. The van der Waals surface area contributed by atoms with E-state index in [0.717, 1.165) is 10.0 Å². The van der Waals surface area contributed by atoms with Gasteiger partial charge >= 0.3 is 0 Å². The van der Waals surface area contributed by atoms with E-state index in [2.05, 4.69) is 40.5 Å². The van der Waals surface area contributed by atoms with Crippen molar-refractivity contribution in [3.8, 4) is 0 Å². The van der Waals surface area contributed by atoms with Gasteiger partial charge in [-0.1, -0.05) is 12.1 Å². The zero-order valence-electron chi connectivity index (χ0n) is 11.2. The van der Waals surface area contributed by atoms with Crippen LogP contribution in [-0.4, -0.2) is 0 Å². The first kappa shape index (κ1) is 14.7. The summed E-state index contributed by atoms with van der Waals surface area (Å²) in [6, 6.07) is 7.81. The van der Waals surface area contributed by atoms with E-state index in [1.165, 1.54) is 4.88 Å². The Bertz CT molecular complexity index is 567. The van der Waals surface area contributed by atoms with Crippen molar-refractivity contribution in [3.05, 3.63) is 55.9 Å². The summed E-state index contributed by atoms with van der Waals surface area (Å²) < 4.78 is 14.7. The van der Waals surface area contributed by atoms with Crippen LogP contribution in [0.3, 0.4) is 0 Å². The molecule has 0 aliphatic carbocycles. The average molecular weight is 342 g/mol. The lowest BCUT2D eigenvalue weighted by atomic mass is 10.1. The third-order valence-corrected chi connectivity index (χ3v) is 5.29. The van der Waals surface area contributed by atoms with Crippen LogP contribution in [0.5, 0.6) is 0 Å². The minimum atomic E-state index is -0.142. The summed E-state index contributed by atoms with van der Waals surface area (Å²) in [5.74, 6) is -0.142. The Hall–Kier alpha value is -0.710. The van der Waals surface area contributed by atoms with Crippen molar-refractivity contribution in [2.75, 3.05) is 0 Å². The second-order valence-electron chi connectivity index (χ2n) is 4.75. The van der Waals surface area contributed by atoms with Crippen molar-refractivity contribution in [2.24, 2.45) is 0 Å². The highest BCUT2D eigenvalue weighted by Crippen LogP contribution is 2.30. The molecular weight excluding hydrogens is 325 g/mol. The molecular formula is C15H17BrFNS. The van der Waals surface area contributed by atoms with Gasteiger partial charge in [0.25, 0.3) is 0 Å². The minimum absolute atomic E-state index is 0.110. The van der Waals surface area contributed by atoms with E-state index in [-0.39, 0.29) is 17.9 Å². The highest BCUT2D eigenvalue weighted by Gasteiger charge is 2.15. The second-order valence-corrected chi connectivity index (χ2v) is 6.55. The van der Waals surface area contributed by atoms with Crippen LogP contribution in [0, 0.1) is 12.7 Å². The Morgan fingerprint density at radius 2 is 1.95 bits per heavy atom. The van der Waals surface area contributed by atoms with Crippen LogP contribution >= 0.6 is 27.3 Å². The first-order valence-corrected chi connectivity index (χ1v) is 7.91. The monoisotopic (exact) mass is 341 g/mol. The maximum atomic E-state index is 13.6. The van der Waals surface area contributed by atoms with Crippen molar-refractivity contribution in [2.45, 2.75) is 32.9 Å². The molecule has 1 N–H and O–H groups in total. The van der Waals surface area contributed by atoms with Crippen LogP contribution < -0.4 is 5.32 Å². The fraction of sp³-hybridized carbons (Fsp3) is 0.333. The molecule has 1 nitrogen and oxygen atoms in total. The summed E-state index contributed by atoms with van der Waals surface area (Å²) >= 11 is 5.26. The topological polar surface area (TPSA) is 12.0 Å². The van der Waals surface area contributed by atoms with Gasteiger partial charge in [-0.25, -0.2) is 4.39 Å². The van der Waals surface area contributed by atoms with E-state index in [0.29, 0.717) is 5.56 Å². The third-order valence-electron chi connectivity index (χ3n) is 3.23. The molecule has 0 spiro atoms. The van der Waals surface area contributed by atoms with Gasteiger partial charge in [0.1, 0.15) is 5.82 Å². The molecule has 2 rings (SSSR count). The van der Waals surface area contributed by atoms with Gasteiger partial charge in [0, 0.05) is 21.4 Å². The Morgan fingerprint density at radius 3 is 2.53 bits per heavy atom. The number of rotatable bonds is 4. The lowest BCUT2D eigenvalue weighted by Gasteiger charge is -2.20. The zero-order valence-corrected chi connectivity index (χ0v) is 13.6. The molecule has 2 unspecified atom stereocenters. The van der Waals surface area contributed by atoms with Crippen molar-refractivity contribution < 1.29 is 4.39 Å². The first-order valence-electron chi connectivity index (χ1n) is 6.24. The van der Waals surface area contributed by atoms with Crippen molar-refractivity contribution in [1.82, 2.24) is 5.32 Å². The Balaban J connectivity index is 2.10. The molecule has 102 valence electrons. The van der Waals surface area contributed by atoms with E-state index in [9.17, 15) is 4.39 Å². The summed E-state index contributed by atoms with van der Waals surface area (Å²) in [6.45, 7) is 5.96. The number of benzene rings is 1. The fourth-order valence-corrected chi connectivity index (χ4v) is 3.77. The normalized spacial score (nSPS) is 14.4. The van der Waals surface area contributed by atoms with Gasteiger partial charge in [-0.05, 0) is 65.3 Å². The Labute approximate surface area is 126 Å². The molecule has 0 bridgehead atoms. The molecule has 1 aromatic carbocycles. The molecule has 0 saturated heterocycles. The van der Waals surface area contributed by atoms with Gasteiger partial charge in [0.15, 0.2) is 0 Å². The summed E-state index contributed by atoms with van der Waals surface area (Å²) in [7, 11) is 0. The molecule has 2 atom stereocenters. The lowest BCUT2D eigenvalue weighted by molar-refractivity contribution is 0.495. The van der Waals surface area contributed by atoms with Gasteiger partial charge in [0.05, 0.1) is 0 Å². The van der Waals surface area contributed by atoms with Gasteiger partial charge < -0.3 is 5.32 Å². The van der Waals surface area contributed by atoms with E-state index >= 15 is 0 Å². The number of hydrogen-bond acceptors (Lipinski definition) is 2. The number of halogens is 2. The van der Waals surface area contributed by atoms with Crippen LogP contribution in [0.2, 0.25) is 0 Å². The van der Waals surface area contributed by atoms with E-state index in [1.54, 1.807) is 24.3 Å². The summed E-state index contributed by atoms with van der Waals surface area (Å²) in [5, 5.41) is 5.56. The van der Waals surface area contributed by atoms with Crippen molar-refractivity contribution in [1.29, 1.82) is 0 Å². The van der Waals surface area contributed by atoms with Crippen LogP contribution in [0.1, 0.15) is 41.9 Å². The predicted octanol–water partition coefficient (Wildman–Crippen LogP) is 5.37. The SMILES string of the molecule is Cc1ccc(C(C)NC(C)c2sccc2Br)cc1F. The van der Waals surface area contributed by atoms with Gasteiger partial charge in [0.2, 0.25) is 0 Å². The molecule has 1 aromatic heterocycles. The number of aryl methyl sites for hydroxylation is 1. The number of nitrogens with one attached hydrogen (secondary N) is 1. The van der Waals surface area contributed by atoms with Gasteiger partial charge in [-0.2, -0.15) is 0 Å². The van der Waals surface area contributed by atoms with E-state index in [1.807, 2.05) is 18.2 Å². The maximum Gasteiger partial charge on any atom is 0.126 e. The van der Waals surface area contributed by atoms with Crippen LogP contribution in [0.15, 0.2) is 34.1 Å². The molecule has 19 heavy (non-hydrogen) atoms. The van der Waals surface area contributed by atoms with Gasteiger partial charge in [-0.15, -0.1) is 11.3 Å². The largest absolute Gasteiger partial charge is 0.303 e. The first-order chi connectivity index (χ1) is 8.99. The third kappa shape index (κ3) is 3.44. The Morgan fingerprint density at radius 1 is 1.21 bits per heavy atom. The van der Waals surface area contributed by atoms with Crippen LogP contribution in [0.25, 0.3) is 0 Å². The molecule has 1 heterocycles. The summed E-state index contributed by atoms with van der Waals surface area (Å²) in [4.78, 5) is 1.26. The fourth-order valence-electron chi connectivity index (χ4n) is 2.04. The molecule has 0 fully saturated rings. The maximum absolute atomic E-state index is 13.6. The minimum Gasteiger partial charge on any atom is -0.303 e. The predicted molar refractivity (Wildman–Crippen MR) is 83.1 cm³/mol. The second kappa shape index (κ2) is 6.16. The van der Waals surface area contributed by atoms with Crippen molar-refractivity contribution >= 4 is 27.3 Å². The summed E-state index contributed by atoms with van der Waals surface area (Å²) in [5.41, 5.74) is 1.66. The zero-order chi connectivity index (χ0) is 14.0. The molecule has 0 radical (unpaired) electrons.